The van der Waals surface area contributed by atoms with Gasteiger partial charge in [-0.3, -0.25) is 4.68 Å². The lowest BCUT2D eigenvalue weighted by molar-refractivity contribution is 0.0624. The molecule has 1 heterocycles. The number of rotatable bonds is 4. The maximum Gasteiger partial charge on any atom is 0.0572 e. The average molecular weight is 237 g/mol. The maximum absolute atomic E-state index is 5.38. The smallest absolute Gasteiger partial charge is 0.0572 e. The number of nitrogens with zero attached hydrogens (tertiary/aromatic N) is 2. The van der Waals surface area contributed by atoms with Gasteiger partial charge >= 0.3 is 0 Å². The van der Waals surface area contributed by atoms with Crippen LogP contribution >= 0.6 is 0 Å². The molecule has 0 aromatic carbocycles. The van der Waals surface area contributed by atoms with E-state index in [9.17, 15) is 0 Å². The van der Waals surface area contributed by atoms with Crippen molar-refractivity contribution >= 4 is 0 Å². The van der Waals surface area contributed by atoms with Crippen molar-refractivity contribution in [3.8, 4) is 0 Å². The zero-order chi connectivity index (χ0) is 12.3. The molecule has 1 aliphatic rings. The van der Waals surface area contributed by atoms with Crippen LogP contribution in [-0.4, -0.2) is 29.0 Å². The highest BCUT2D eigenvalue weighted by Gasteiger charge is 2.20. The summed E-state index contributed by atoms with van der Waals surface area (Å²) in [6, 6.07) is 0.640. The lowest BCUT2D eigenvalue weighted by Gasteiger charge is -2.28. The highest BCUT2D eigenvalue weighted by molar-refractivity contribution is 5.15. The van der Waals surface area contributed by atoms with Crippen LogP contribution in [0, 0.1) is 6.92 Å². The van der Waals surface area contributed by atoms with Gasteiger partial charge in [0.2, 0.25) is 0 Å². The van der Waals surface area contributed by atoms with E-state index >= 15 is 0 Å². The SMILES string of the molecule is COC1CCC(NCc2cnn(C)c2C)CC1. The lowest BCUT2D eigenvalue weighted by Crippen LogP contribution is -2.34. The van der Waals surface area contributed by atoms with Crippen LogP contribution in [0.4, 0.5) is 0 Å². The van der Waals surface area contributed by atoms with Crippen LogP contribution in [0.5, 0.6) is 0 Å². The maximum atomic E-state index is 5.38. The van der Waals surface area contributed by atoms with Gasteiger partial charge in [-0.25, -0.2) is 0 Å². The molecular formula is C13H23N3O. The third-order valence-electron chi connectivity index (χ3n) is 3.93. The first-order valence-electron chi connectivity index (χ1n) is 6.44. The summed E-state index contributed by atoms with van der Waals surface area (Å²) in [7, 11) is 3.81. The van der Waals surface area contributed by atoms with Gasteiger partial charge in [0.25, 0.3) is 0 Å². The van der Waals surface area contributed by atoms with Gasteiger partial charge in [0.15, 0.2) is 0 Å². The van der Waals surface area contributed by atoms with Gasteiger partial charge in [-0.2, -0.15) is 5.10 Å². The summed E-state index contributed by atoms with van der Waals surface area (Å²) in [4.78, 5) is 0. The zero-order valence-electron chi connectivity index (χ0n) is 11.1. The number of aromatic nitrogens is 2. The number of ether oxygens (including phenoxy) is 1. The fourth-order valence-corrected chi connectivity index (χ4v) is 2.47. The van der Waals surface area contributed by atoms with Crippen molar-refractivity contribution in [2.75, 3.05) is 7.11 Å². The van der Waals surface area contributed by atoms with E-state index < -0.39 is 0 Å². The molecule has 4 heteroatoms. The molecule has 0 bridgehead atoms. The summed E-state index contributed by atoms with van der Waals surface area (Å²) in [6.07, 6.45) is 7.24. The predicted molar refractivity (Wildman–Crippen MR) is 67.8 cm³/mol. The molecule has 1 aliphatic carbocycles. The second-order valence-corrected chi connectivity index (χ2v) is 4.97. The van der Waals surface area contributed by atoms with Gasteiger partial charge in [-0.1, -0.05) is 0 Å². The van der Waals surface area contributed by atoms with Gasteiger partial charge in [0.1, 0.15) is 0 Å². The number of nitrogens with one attached hydrogen (secondary N) is 1. The minimum atomic E-state index is 0.480. The summed E-state index contributed by atoms with van der Waals surface area (Å²) in [5.41, 5.74) is 2.56. The first kappa shape index (κ1) is 12.6. The van der Waals surface area contributed by atoms with Crippen LogP contribution in [0.15, 0.2) is 6.20 Å². The van der Waals surface area contributed by atoms with Gasteiger partial charge in [-0.15, -0.1) is 0 Å². The van der Waals surface area contributed by atoms with E-state index in [-0.39, 0.29) is 0 Å². The summed E-state index contributed by atoms with van der Waals surface area (Å²) < 4.78 is 7.31. The van der Waals surface area contributed by atoms with Crippen LogP contribution in [0.1, 0.15) is 36.9 Å². The highest BCUT2D eigenvalue weighted by Crippen LogP contribution is 2.21. The molecule has 17 heavy (non-hydrogen) atoms. The number of hydrogen-bond donors (Lipinski definition) is 1. The zero-order valence-corrected chi connectivity index (χ0v) is 11.1. The molecule has 0 spiro atoms. The summed E-state index contributed by atoms with van der Waals surface area (Å²) in [5.74, 6) is 0. The molecule has 1 N–H and O–H groups in total. The minimum absolute atomic E-state index is 0.480. The van der Waals surface area contributed by atoms with Crippen LogP contribution in [-0.2, 0) is 18.3 Å². The second kappa shape index (κ2) is 5.65. The van der Waals surface area contributed by atoms with Gasteiger partial charge < -0.3 is 10.1 Å². The molecule has 1 aromatic heterocycles. The van der Waals surface area contributed by atoms with E-state index in [0.717, 1.165) is 6.54 Å². The fourth-order valence-electron chi connectivity index (χ4n) is 2.47. The Balaban J connectivity index is 1.78. The Bertz CT molecular complexity index is 354. The van der Waals surface area contributed by atoms with Crippen molar-refractivity contribution in [2.45, 2.75) is 51.3 Å². The Kier molecular flexibility index (Phi) is 4.18. The molecule has 1 saturated carbocycles. The number of methoxy groups -OCH3 is 1. The van der Waals surface area contributed by atoms with Crippen molar-refractivity contribution in [3.05, 3.63) is 17.5 Å². The lowest BCUT2D eigenvalue weighted by atomic mass is 9.93. The van der Waals surface area contributed by atoms with Gasteiger partial charge in [0, 0.05) is 38.0 Å². The molecule has 0 unspecified atom stereocenters. The molecule has 1 aromatic rings. The first-order chi connectivity index (χ1) is 8.20. The van der Waals surface area contributed by atoms with Gasteiger partial charge in [0.05, 0.1) is 12.3 Å². The third-order valence-corrected chi connectivity index (χ3v) is 3.93. The van der Waals surface area contributed by atoms with E-state index in [1.165, 1.54) is 36.9 Å². The quantitative estimate of drug-likeness (QED) is 0.867. The topological polar surface area (TPSA) is 39.1 Å². The van der Waals surface area contributed by atoms with Crippen molar-refractivity contribution < 1.29 is 4.74 Å². The molecule has 0 saturated heterocycles. The van der Waals surface area contributed by atoms with E-state index in [1.807, 2.05) is 25.0 Å². The Morgan fingerprint density at radius 1 is 1.41 bits per heavy atom. The molecule has 0 aliphatic heterocycles. The summed E-state index contributed by atoms with van der Waals surface area (Å²) >= 11 is 0. The highest BCUT2D eigenvalue weighted by atomic mass is 16.5. The Morgan fingerprint density at radius 3 is 2.65 bits per heavy atom. The largest absolute Gasteiger partial charge is 0.381 e. The summed E-state index contributed by atoms with van der Waals surface area (Å²) in [5, 5.41) is 7.89. The second-order valence-electron chi connectivity index (χ2n) is 4.97. The monoisotopic (exact) mass is 237 g/mol. The van der Waals surface area contributed by atoms with Crippen molar-refractivity contribution in [1.82, 2.24) is 15.1 Å². The number of aryl methyl sites for hydroxylation is 1. The van der Waals surface area contributed by atoms with Gasteiger partial charge in [-0.05, 0) is 32.6 Å². The number of hydrogen-bond acceptors (Lipinski definition) is 3. The van der Waals surface area contributed by atoms with Crippen LogP contribution in [0.2, 0.25) is 0 Å². The third kappa shape index (κ3) is 3.07. The van der Waals surface area contributed by atoms with Crippen LogP contribution in [0.25, 0.3) is 0 Å². The molecule has 0 atom stereocenters. The summed E-state index contributed by atoms with van der Waals surface area (Å²) in [6.45, 7) is 3.05. The van der Waals surface area contributed by atoms with E-state index in [0.29, 0.717) is 12.1 Å². The normalized spacial score (nSPS) is 25.1. The average Bonchev–Trinajstić information content (AvgIpc) is 2.68. The molecule has 0 radical (unpaired) electrons. The minimum Gasteiger partial charge on any atom is -0.381 e. The Morgan fingerprint density at radius 2 is 2.12 bits per heavy atom. The standard InChI is InChI=1S/C13H23N3O/c1-10-11(9-15-16(10)2)8-14-12-4-6-13(17-3)7-5-12/h9,12-14H,4-8H2,1-3H3. The Labute approximate surface area is 103 Å². The van der Waals surface area contributed by atoms with Crippen LogP contribution < -0.4 is 5.32 Å². The van der Waals surface area contributed by atoms with Crippen molar-refractivity contribution in [3.63, 3.8) is 0 Å². The Hall–Kier alpha value is -0.870. The molecule has 96 valence electrons. The predicted octanol–water partition coefficient (Wildman–Crippen LogP) is 1.78. The van der Waals surface area contributed by atoms with E-state index in [2.05, 4.69) is 17.3 Å². The molecule has 0 amide bonds. The fraction of sp³-hybridized carbons (Fsp3) is 0.769. The molecule has 2 rings (SSSR count). The molecule has 4 nitrogen and oxygen atoms in total. The van der Waals surface area contributed by atoms with E-state index in [4.69, 9.17) is 4.74 Å². The van der Waals surface area contributed by atoms with Crippen LogP contribution in [0.3, 0.4) is 0 Å². The molecule has 1 fully saturated rings. The van der Waals surface area contributed by atoms with Crippen molar-refractivity contribution in [2.24, 2.45) is 7.05 Å². The molecular weight excluding hydrogens is 214 g/mol. The van der Waals surface area contributed by atoms with E-state index in [1.54, 1.807) is 0 Å². The van der Waals surface area contributed by atoms with Crippen molar-refractivity contribution in [1.29, 1.82) is 0 Å². The first-order valence-corrected chi connectivity index (χ1v) is 6.44.